The van der Waals surface area contributed by atoms with Crippen LogP contribution in [0, 0.1) is 0 Å². The third kappa shape index (κ3) is 2.39. The molecule has 1 atom stereocenters. The van der Waals surface area contributed by atoms with E-state index in [4.69, 9.17) is 27.9 Å². The zero-order valence-corrected chi connectivity index (χ0v) is 11.2. The second-order valence-corrected chi connectivity index (χ2v) is 5.05. The van der Waals surface area contributed by atoms with Crippen LogP contribution < -0.4 is 5.32 Å². The minimum absolute atomic E-state index is 0.332. The van der Waals surface area contributed by atoms with Crippen LogP contribution in [0.15, 0.2) is 42.5 Å². The summed E-state index contributed by atoms with van der Waals surface area (Å²) < 4.78 is 5.28. The van der Waals surface area contributed by atoms with Gasteiger partial charge in [-0.2, -0.15) is 0 Å². The molecule has 0 fully saturated rings. The molecule has 1 aliphatic heterocycles. The molecule has 1 N–H and O–H groups in total. The van der Waals surface area contributed by atoms with E-state index < -0.39 is 6.23 Å². The van der Waals surface area contributed by atoms with Gasteiger partial charge in [-0.15, -0.1) is 0 Å². The number of carbonyl (C=O) groups is 1. The van der Waals surface area contributed by atoms with Crippen LogP contribution in [-0.4, -0.2) is 5.97 Å². The van der Waals surface area contributed by atoms with Gasteiger partial charge >= 0.3 is 5.97 Å². The molecular weight excluding hydrogens is 285 g/mol. The first-order valence-corrected chi connectivity index (χ1v) is 6.41. The molecule has 2 aromatic rings. The summed E-state index contributed by atoms with van der Waals surface area (Å²) in [5.41, 5.74) is 2.09. The number of halogens is 2. The van der Waals surface area contributed by atoms with Crippen molar-refractivity contribution in [3.63, 3.8) is 0 Å². The Morgan fingerprint density at radius 1 is 1.05 bits per heavy atom. The van der Waals surface area contributed by atoms with Crippen molar-refractivity contribution < 1.29 is 9.53 Å². The van der Waals surface area contributed by atoms with Gasteiger partial charge in [-0.1, -0.05) is 41.4 Å². The van der Waals surface area contributed by atoms with Gasteiger partial charge in [-0.3, -0.25) is 0 Å². The standard InChI is InChI=1S/C14H9Cl2NO2/c15-8-5-9(16)7-10(6-8)17-13-11-3-1-2-4-12(11)14(18)19-13/h1-7,13,17H. The van der Waals surface area contributed by atoms with E-state index in [9.17, 15) is 4.79 Å². The normalized spacial score (nSPS) is 16.9. The Labute approximate surface area is 120 Å². The Morgan fingerprint density at radius 2 is 1.74 bits per heavy atom. The van der Waals surface area contributed by atoms with E-state index in [-0.39, 0.29) is 5.97 Å². The number of esters is 1. The number of benzene rings is 2. The van der Waals surface area contributed by atoms with Gasteiger partial charge in [0.25, 0.3) is 0 Å². The summed E-state index contributed by atoms with van der Waals surface area (Å²) in [4.78, 5) is 11.7. The fourth-order valence-electron chi connectivity index (χ4n) is 2.04. The van der Waals surface area contributed by atoms with Gasteiger partial charge in [0.2, 0.25) is 6.23 Å². The molecule has 0 saturated heterocycles. The second kappa shape index (κ2) is 4.76. The lowest BCUT2D eigenvalue weighted by molar-refractivity contribution is 0.0437. The molecule has 3 nitrogen and oxygen atoms in total. The minimum Gasteiger partial charge on any atom is -0.434 e. The molecule has 1 aliphatic rings. The van der Waals surface area contributed by atoms with E-state index in [2.05, 4.69) is 5.32 Å². The van der Waals surface area contributed by atoms with Crippen LogP contribution >= 0.6 is 23.2 Å². The molecule has 1 heterocycles. The molecule has 19 heavy (non-hydrogen) atoms. The molecule has 1 unspecified atom stereocenters. The molecule has 0 amide bonds. The number of fused-ring (bicyclic) bond motifs is 1. The third-order valence-electron chi connectivity index (χ3n) is 2.85. The molecule has 0 saturated carbocycles. The Kier molecular flexibility index (Phi) is 3.09. The van der Waals surface area contributed by atoms with E-state index >= 15 is 0 Å². The van der Waals surface area contributed by atoms with E-state index in [1.165, 1.54) is 0 Å². The van der Waals surface area contributed by atoms with Gasteiger partial charge in [-0.25, -0.2) is 4.79 Å². The molecule has 0 aromatic heterocycles. The zero-order valence-electron chi connectivity index (χ0n) is 9.69. The van der Waals surface area contributed by atoms with Gasteiger partial charge in [0.1, 0.15) is 0 Å². The Bertz CT molecular complexity index is 637. The summed E-state index contributed by atoms with van der Waals surface area (Å²) in [5.74, 6) is -0.332. The predicted octanol–water partition coefficient (Wildman–Crippen LogP) is 4.27. The zero-order chi connectivity index (χ0) is 13.4. The first-order valence-electron chi connectivity index (χ1n) is 5.66. The molecule has 3 rings (SSSR count). The lowest BCUT2D eigenvalue weighted by Crippen LogP contribution is -2.10. The highest BCUT2D eigenvalue weighted by atomic mass is 35.5. The molecule has 2 aromatic carbocycles. The summed E-state index contributed by atoms with van der Waals surface area (Å²) in [7, 11) is 0. The fraction of sp³-hybridized carbons (Fsp3) is 0.0714. The smallest absolute Gasteiger partial charge is 0.340 e. The van der Waals surface area contributed by atoms with Crippen LogP contribution in [0.3, 0.4) is 0 Å². The van der Waals surface area contributed by atoms with E-state index in [0.717, 1.165) is 5.56 Å². The monoisotopic (exact) mass is 293 g/mol. The first-order chi connectivity index (χ1) is 9.13. The van der Waals surface area contributed by atoms with Crippen LogP contribution in [0.2, 0.25) is 10.0 Å². The molecule has 0 bridgehead atoms. The van der Waals surface area contributed by atoms with E-state index in [1.807, 2.05) is 12.1 Å². The largest absolute Gasteiger partial charge is 0.434 e. The Balaban J connectivity index is 1.91. The lowest BCUT2D eigenvalue weighted by atomic mass is 10.1. The van der Waals surface area contributed by atoms with Gasteiger partial charge in [0.05, 0.1) is 5.56 Å². The summed E-state index contributed by atoms with van der Waals surface area (Å²) in [5, 5.41) is 4.14. The van der Waals surface area contributed by atoms with Crippen LogP contribution in [0.4, 0.5) is 5.69 Å². The second-order valence-electron chi connectivity index (χ2n) is 4.18. The van der Waals surface area contributed by atoms with Crippen molar-refractivity contribution in [3.8, 4) is 0 Å². The molecule has 0 spiro atoms. The topological polar surface area (TPSA) is 38.3 Å². The van der Waals surface area contributed by atoms with Crippen molar-refractivity contribution in [1.29, 1.82) is 0 Å². The molecule has 5 heteroatoms. The quantitative estimate of drug-likeness (QED) is 0.840. The number of cyclic esters (lactones) is 1. The number of hydrogen-bond acceptors (Lipinski definition) is 3. The maximum absolute atomic E-state index is 11.7. The van der Waals surface area contributed by atoms with Crippen LogP contribution in [-0.2, 0) is 4.74 Å². The Morgan fingerprint density at radius 3 is 2.47 bits per heavy atom. The minimum atomic E-state index is -0.516. The average molecular weight is 294 g/mol. The third-order valence-corrected chi connectivity index (χ3v) is 3.28. The number of anilines is 1. The summed E-state index contributed by atoms with van der Waals surface area (Å²) in [6.45, 7) is 0. The van der Waals surface area contributed by atoms with Crippen LogP contribution in [0.1, 0.15) is 22.1 Å². The van der Waals surface area contributed by atoms with E-state index in [1.54, 1.807) is 30.3 Å². The van der Waals surface area contributed by atoms with Gasteiger partial charge in [0.15, 0.2) is 0 Å². The summed E-state index contributed by atoms with van der Waals surface area (Å²) >= 11 is 11.9. The van der Waals surface area contributed by atoms with Crippen molar-refractivity contribution >= 4 is 34.9 Å². The number of ether oxygens (including phenoxy) is 1. The number of nitrogens with one attached hydrogen (secondary N) is 1. The first kappa shape index (κ1) is 12.3. The van der Waals surface area contributed by atoms with Gasteiger partial charge in [-0.05, 0) is 24.3 Å². The van der Waals surface area contributed by atoms with Crippen LogP contribution in [0.25, 0.3) is 0 Å². The van der Waals surface area contributed by atoms with Crippen molar-refractivity contribution in [1.82, 2.24) is 0 Å². The van der Waals surface area contributed by atoms with Gasteiger partial charge in [0, 0.05) is 21.3 Å². The van der Waals surface area contributed by atoms with Crippen LogP contribution in [0.5, 0.6) is 0 Å². The molecule has 0 aliphatic carbocycles. The van der Waals surface area contributed by atoms with Crippen molar-refractivity contribution in [2.45, 2.75) is 6.23 Å². The fourth-order valence-corrected chi connectivity index (χ4v) is 2.57. The molecule has 96 valence electrons. The highest BCUT2D eigenvalue weighted by Crippen LogP contribution is 2.32. The van der Waals surface area contributed by atoms with E-state index in [0.29, 0.717) is 21.3 Å². The summed E-state index contributed by atoms with van der Waals surface area (Å²) in [6, 6.07) is 12.3. The van der Waals surface area contributed by atoms with Crippen molar-refractivity contribution in [3.05, 3.63) is 63.6 Å². The molecular formula is C14H9Cl2NO2. The maximum Gasteiger partial charge on any atom is 0.340 e. The average Bonchev–Trinajstić information content (AvgIpc) is 2.66. The number of carbonyl (C=O) groups excluding carboxylic acids is 1. The maximum atomic E-state index is 11.7. The Hall–Kier alpha value is -1.71. The summed E-state index contributed by atoms with van der Waals surface area (Å²) in [6.07, 6.45) is -0.516. The predicted molar refractivity (Wildman–Crippen MR) is 74.7 cm³/mol. The van der Waals surface area contributed by atoms with Crippen molar-refractivity contribution in [2.75, 3.05) is 5.32 Å². The highest BCUT2D eigenvalue weighted by molar-refractivity contribution is 6.35. The highest BCUT2D eigenvalue weighted by Gasteiger charge is 2.30. The number of rotatable bonds is 2. The van der Waals surface area contributed by atoms with Crippen molar-refractivity contribution in [2.24, 2.45) is 0 Å². The lowest BCUT2D eigenvalue weighted by Gasteiger charge is -2.14. The van der Waals surface area contributed by atoms with Gasteiger partial charge < -0.3 is 10.1 Å². The molecule has 0 radical (unpaired) electrons. The number of hydrogen-bond donors (Lipinski definition) is 1. The SMILES string of the molecule is O=C1OC(Nc2cc(Cl)cc(Cl)c2)c2ccccc21.